The largest absolute Gasteiger partial charge is 0.508 e. The highest BCUT2D eigenvalue weighted by atomic mass is 32.2. The molecule has 0 fully saturated rings. The summed E-state index contributed by atoms with van der Waals surface area (Å²) in [5.41, 5.74) is 0.955. The molecule has 0 radical (unpaired) electrons. The van der Waals surface area contributed by atoms with Crippen LogP contribution in [-0.2, 0) is 11.5 Å². The number of rotatable bonds is 6. The predicted molar refractivity (Wildman–Crippen MR) is 82.9 cm³/mol. The van der Waals surface area contributed by atoms with Crippen LogP contribution < -0.4 is 0 Å². The molecular weight excluding hydrogens is 308 g/mol. The van der Waals surface area contributed by atoms with Gasteiger partial charge in [0.1, 0.15) is 5.75 Å². The highest BCUT2D eigenvalue weighted by Gasteiger charge is 2.16. The smallest absolute Gasteiger partial charge is 0.276 e. The summed E-state index contributed by atoms with van der Waals surface area (Å²) in [5, 5.41) is 30.8. The van der Waals surface area contributed by atoms with Crippen molar-refractivity contribution >= 4 is 23.1 Å². The third-order valence-electron chi connectivity index (χ3n) is 2.86. The molecule has 2 aromatic rings. The predicted octanol–water partition coefficient (Wildman–Crippen LogP) is 3.64. The minimum Gasteiger partial charge on any atom is -0.508 e. The van der Waals surface area contributed by atoms with Gasteiger partial charge in [-0.15, -0.1) is 0 Å². The number of nitrogens with zero attached hydrogens (tertiary/aromatic N) is 2. The zero-order valence-electron chi connectivity index (χ0n) is 11.3. The van der Waals surface area contributed by atoms with Crippen LogP contribution >= 0.6 is 11.8 Å². The van der Waals surface area contributed by atoms with E-state index in [2.05, 4.69) is 0 Å². The molecule has 0 aliphatic rings. The van der Waals surface area contributed by atoms with Crippen molar-refractivity contribution in [1.29, 1.82) is 0 Å². The van der Waals surface area contributed by atoms with Crippen LogP contribution in [0, 0.1) is 20.2 Å². The van der Waals surface area contributed by atoms with E-state index in [9.17, 15) is 25.3 Å². The summed E-state index contributed by atoms with van der Waals surface area (Å²) >= 11 is 1.48. The van der Waals surface area contributed by atoms with E-state index in [1.807, 2.05) is 0 Å². The molecular formula is C14H12N2O5S. The van der Waals surface area contributed by atoms with E-state index in [1.165, 1.54) is 23.9 Å². The maximum atomic E-state index is 10.8. The lowest BCUT2D eigenvalue weighted by molar-refractivity contribution is -0.394. The van der Waals surface area contributed by atoms with Crippen molar-refractivity contribution in [1.82, 2.24) is 0 Å². The van der Waals surface area contributed by atoms with Crippen LogP contribution in [-0.4, -0.2) is 15.0 Å². The molecule has 0 spiro atoms. The fourth-order valence-electron chi connectivity index (χ4n) is 1.83. The minimum absolute atomic E-state index is 0.183. The first kappa shape index (κ1) is 15.8. The topological polar surface area (TPSA) is 107 Å². The van der Waals surface area contributed by atoms with Gasteiger partial charge in [-0.3, -0.25) is 20.2 Å². The number of thioether (sulfide) groups is 1. The van der Waals surface area contributed by atoms with Gasteiger partial charge in [0, 0.05) is 23.6 Å². The standard InChI is InChI=1S/C14H12N2O5S/c17-14-3-1-10(2-4-14)8-22-9-11-5-12(15(18)19)7-13(6-11)16(20)21/h1-7,17H,8-9H2. The lowest BCUT2D eigenvalue weighted by Gasteiger charge is -2.03. The number of hydrogen-bond acceptors (Lipinski definition) is 6. The van der Waals surface area contributed by atoms with Gasteiger partial charge in [-0.05, 0) is 23.3 Å². The summed E-state index contributed by atoms with van der Waals surface area (Å²) in [4.78, 5) is 20.3. The molecule has 0 saturated carbocycles. The minimum atomic E-state index is -0.638. The van der Waals surface area contributed by atoms with Gasteiger partial charge in [-0.25, -0.2) is 0 Å². The number of nitro groups is 2. The lowest BCUT2D eigenvalue weighted by atomic mass is 10.2. The quantitative estimate of drug-likeness (QED) is 0.643. The molecule has 2 rings (SSSR count). The van der Waals surface area contributed by atoms with E-state index in [-0.39, 0.29) is 17.1 Å². The molecule has 0 heterocycles. The summed E-state index contributed by atoms with van der Waals surface area (Å²) in [6.45, 7) is 0. The van der Waals surface area contributed by atoms with Gasteiger partial charge in [-0.2, -0.15) is 11.8 Å². The molecule has 0 bridgehead atoms. The van der Waals surface area contributed by atoms with Crippen LogP contribution in [0.4, 0.5) is 11.4 Å². The first-order chi connectivity index (χ1) is 10.5. The average molecular weight is 320 g/mol. The van der Waals surface area contributed by atoms with E-state index in [4.69, 9.17) is 0 Å². The Balaban J connectivity index is 2.07. The summed E-state index contributed by atoms with van der Waals surface area (Å²) < 4.78 is 0. The molecule has 22 heavy (non-hydrogen) atoms. The van der Waals surface area contributed by atoms with E-state index in [1.54, 1.807) is 24.3 Å². The highest BCUT2D eigenvalue weighted by molar-refractivity contribution is 7.97. The lowest BCUT2D eigenvalue weighted by Crippen LogP contribution is -1.95. The number of non-ortho nitro benzene ring substituents is 2. The van der Waals surface area contributed by atoms with Crippen molar-refractivity contribution in [3.63, 3.8) is 0 Å². The number of nitro benzene ring substituents is 2. The molecule has 1 N–H and O–H groups in total. The van der Waals surface area contributed by atoms with Gasteiger partial charge in [0.05, 0.1) is 15.9 Å². The molecule has 0 saturated heterocycles. The van der Waals surface area contributed by atoms with Crippen molar-refractivity contribution in [2.75, 3.05) is 0 Å². The Morgan fingerprint density at radius 2 is 1.36 bits per heavy atom. The Kier molecular flexibility index (Phi) is 4.95. The highest BCUT2D eigenvalue weighted by Crippen LogP contribution is 2.26. The van der Waals surface area contributed by atoms with E-state index >= 15 is 0 Å². The Hall–Kier alpha value is -2.61. The zero-order chi connectivity index (χ0) is 16.1. The van der Waals surface area contributed by atoms with Crippen LogP contribution in [0.1, 0.15) is 11.1 Å². The molecule has 8 heteroatoms. The molecule has 7 nitrogen and oxygen atoms in total. The molecule has 0 aromatic heterocycles. The van der Waals surface area contributed by atoms with Gasteiger partial charge in [0.25, 0.3) is 11.4 Å². The monoisotopic (exact) mass is 320 g/mol. The number of aromatic hydroxyl groups is 1. The van der Waals surface area contributed by atoms with E-state index in [0.29, 0.717) is 17.1 Å². The molecule has 0 unspecified atom stereocenters. The summed E-state index contributed by atoms with van der Waals surface area (Å²) in [7, 11) is 0. The zero-order valence-corrected chi connectivity index (χ0v) is 12.2. The van der Waals surface area contributed by atoms with Crippen molar-refractivity contribution < 1.29 is 15.0 Å². The normalized spacial score (nSPS) is 10.4. The molecule has 0 aliphatic heterocycles. The van der Waals surface area contributed by atoms with Crippen LogP contribution in [0.3, 0.4) is 0 Å². The van der Waals surface area contributed by atoms with E-state index < -0.39 is 9.85 Å². The Morgan fingerprint density at radius 3 is 1.86 bits per heavy atom. The van der Waals surface area contributed by atoms with Crippen molar-refractivity contribution in [2.24, 2.45) is 0 Å². The number of benzene rings is 2. The molecule has 114 valence electrons. The number of hydrogen-bond donors (Lipinski definition) is 1. The van der Waals surface area contributed by atoms with E-state index in [0.717, 1.165) is 11.6 Å². The maximum absolute atomic E-state index is 10.8. The first-order valence-electron chi connectivity index (χ1n) is 6.24. The Labute approximate surface area is 129 Å². The average Bonchev–Trinajstić information content (AvgIpc) is 2.49. The van der Waals surface area contributed by atoms with Gasteiger partial charge < -0.3 is 5.11 Å². The Morgan fingerprint density at radius 1 is 0.864 bits per heavy atom. The fourth-order valence-corrected chi connectivity index (χ4v) is 2.76. The van der Waals surface area contributed by atoms with Crippen molar-refractivity contribution in [2.45, 2.75) is 11.5 Å². The summed E-state index contributed by atoms with van der Waals surface area (Å²) in [6, 6.07) is 10.3. The second-order valence-electron chi connectivity index (χ2n) is 4.53. The molecule has 0 aliphatic carbocycles. The van der Waals surface area contributed by atoms with Crippen molar-refractivity contribution in [3.05, 3.63) is 73.8 Å². The summed E-state index contributed by atoms with van der Waals surface area (Å²) in [6.07, 6.45) is 0. The van der Waals surface area contributed by atoms with Gasteiger partial charge in [0.15, 0.2) is 0 Å². The maximum Gasteiger partial charge on any atom is 0.276 e. The van der Waals surface area contributed by atoms with Gasteiger partial charge >= 0.3 is 0 Å². The van der Waals surface area contributed by atoms with Crippen LogP contribution in [0.15, 0.2) is 42.5 Å². The number of phenols is 1. The van der Waals surface area contributed by atoms with Crippen molar-refractivity contribution in [3.8, 4) is 5.75 Å². The summed E-state index contributed by atoms with van der Waals surface area (Å²) in [5.74, 6) is 1.24. The second-order valence-corrected chi connectivity index (χ2v) is 5.52. The third kappa shape index (κ3) is 4.19. The third-order valence-corrected chi connectivity index (χ3v) is 3.93. The van der Waals surface area contributed by atoms with Gasteiger partial charge in [0.2, 0.25) is 0 Å². The van der Waals surface area contributed by atoms with Crippen LogP contribution in [0.5, 0.6) is 5.75 Å². The number of phenolic OH excluding ortho intramolecular Hbond substituents is 1. The Bertz CT molecular complexity index is 671. The van der Waals surface area contributed by atoms with Crippen LogP contribution in [0.2, 0.25) is 0 Å². The molecule has 0 amide bonds. The van der Waals surface area contributed by atoms with Gasteiger partial charge in [-0.1, -0.05) is 12.1 Å². The second kappa shape index (κ2) is 6.90. The first-order valence-corrected chi connectivity index (χ1v) is 7.39. The fraction of sp³-hybridized carbons (Fsp3) is 0.143. The molecule has 2 aromatic carbocycles. The molecule has 0 atom stereocenters. The van der Waals surface area contributed by atoms with Crippen LogP contribution in [0.25, 0.3) is 0 Å². The SMILES string of the molecule is O=[N+]([O-])c1cc(CSCc2ccc(O)cc2)cc([N+](=O)[O-])c1.